The van der Waals surface area contributed by atoms with Gasteiger partial charge in [0.1, 0.15) is 5.75 Å². The molecule has 0 saturated heterocycles. The quantitative estimate of drug-likeness (QED) is 0.643. The Morgan fingerprint density at radius 3 is 2.50 bits per heavy atom. The van der Waals surface area contributed by atoms with Gasteiger partial charge in [-0.1, -0.05) is 28.1 Å². The maximum atomic E-state index is 12.1. The van der Waals surface area contributed by atoms with Crippen molar-refractivity contribution in [3.63, 3.8) is 0 Å². The lowest BCUT2D eigenvalue weighted by Gasteiger charge is -2.07. The molecule has 0 heterocycles. The molecular weight excluding hydrogens is 348 g/mol. The molecule has 0 unspecified atom stereocenters. The van der Waals surface area contributed by atoms with E-state index in [1.165, 1.54) is 12.1 Å². The predicted octanol–water partition coefficient (Wildman–Crippen LogP) is 4.07. The summed E-state index contributed by atoms with van der Waals surface area (Å²) in [5, 5.41) is 9.74. The Labute approximate surface area is 137 Å². The lowest BCUT2D eigenvalue weighted by molar-refractivity contribution is 0.104. The van der Waals surface area contributed by atoms with E-state index in [2.05, 4.69) is 15.9 Å². The molecule has 0 bridgehead atoms. The predicted molar refractivity (Wildman–Crippen MR) is 88.7 cm³/mol. The Bertz CT molecular complexity index is 723. The zero-order valence-electron chi connectivity index (χ0n) is 12.2. The molecule has 0 atom stereocenters. The van der Waals surface area contributed by atoms with Crippen molar-refractivity contribution >= 4 is 27.8 Å². The van der Waals surface area contributed by atoms with Crippen LogP contribution in [0, 0.1) is 0 Å². The van der Waals surface area contributed by atoms with Crippen LogP contribution in [0.2, 0.25) is 0 Å². The molecule has 1 N–H and O–H groups in total. The van der Waals surface area contributed by atoms with Crippen molar-refractivity contribution in [2.75, 3.05) is 14.2 Å². The van der Waals surface area contributed by atoms with E-state index in [-0.39, 0.29) is 17.1 Å². The van der Waals surface area contributed by atoms with Gasteiger partial charge in [-0.15, -0.1) is 0 Å². The summed E-state index contributed by atoms with van der Waals surface area (Å²) < 4.78 is 11.1. The first kappa shape index (κ1) is 16.1. The summed E-state index contributed by atoms with van der Waals surface area (Å²) >= 11 is 3.28. The van der Waals surface area contributed by atoms with Crippen LogP contribution in [0.3, 0.4) is 0 Å². The number of methoxy groups -OCH3 is 2. The minimum atomic E-state index is -0.284. The summed E-state index contributed by atoms with van der Waals surface area (Å²) in [5.41, 5.74) is 1.03. The standard InChI is InChI=1S/C17H15BrO4/c1-21-16-8-4-11(9-17(16)22-2)3-6-14(19)13-10-12(18)5-7-15(13)20/h3-10,20H,1-2H3. The number of phenols is 1. The molecule has 0 fully saturated rings. The van der Waals surface area contributed by atoms with Gasteiger partial charge in [0.15, 0.2) is 17.3 Å². The summed E-state index contributed by atoms with van der Waals surface area (Å²) in [6.45, 7) is 0. The molecule has 114 valence electrons. The van der Waals surface area contributed by atoms with E-state index in [9.17, 15) is 9.90 Å². The van der Waals surface area contributed by atoms with Crippen LogP contribution in [0.15, 0.2) is 46.9 Å². The molecule has 5 heteroatoms. The van der Waals surface area contributed by atoms with Gasteiger partial charge in [0.2, 0.25) is 0 Å². The molecule has 0 aliphatic carbocycles. The van der Waals surface area contributed by atoms with Crippen molar-refractivity contribution in [3.8, 4) is 17.2 Å². The molecule has 0 amide bonds. The number of halogens is 1. The third kappa shape index (κ3) is 3.68. The third-order valence-electron chi connectivity index (χ3n) is 3.06. The van der Waals surface area contributed by atoms with E-state index in [1.54, 1.807) is 44.6 Å². The minimum Gasteiger partial charge on any atom is -0.507 e. The summed E-state index contributed by atoms with van der Waals surface area (Å²) in [5.74, 6) is 0.872. The second-order valence-corrected chi connectivity index (χ2v) is 5.39. The smallest absolute Gasteiger partial charge is 0.189 e. The highest BCUT2D eigenvalue weighted by atomic mass is 79.9. The van der Waals surface area contributed by atoms with Gasteiger partial charge < -0.3 is 14.6 Å². The van der Waals surface area contributed by atoms with Crippen molar-refractivity contribution in [2.45, 2.75) is 0 Å². The summed E-state index contributed by atoms with van der Waals surface area (Å²) in [4.78, 5) is 12.1. The first-order valence-corrected chi connectivity index (χ1v) is 7.27. The first-order valence-electron chi connectivity index (χ1n) is 6.48. The van der Waals surface area contributed by atoms with Crippen LogP contribution >= 0.6 is 15.9 Å². The molecule has 22 heavy (non-hydrogen) atoms. The van der Waals surface area contributed by atoms with Crippen LogP contribution in [-0.2, 0) is 0 Å². The summed E-state index contributed by atoms with van der Waals surface area (Å²) in [6.07, 6.45) is 3.06. The number of ether oxygens (including phenoxy) is 2. The van der Waals surface area contributed by atoms with Gasteiger partial charge in [0.05, 0.1) is 19.8 Å². The number of carbonyl (C=O) groups is 1. The Kier molecular flexibility index (Phi) is 5.22. The minimum absolute atomic E-state index is 0.0508. The highest BCUT2D eigenvalue weighted by Crippen LogP contribution is 2.28. The first-order chi connectivity index (χ1) is 10.5. The van der Waals surface area contributed by atoms with E-state index in [4.69, 9.17) is 9.47 Å². The van der Waals surface area contributed by atoms with E-state index in [0.717, 1.165) is 10.0 Å². The number of ketones is 1. The molecule has 0 aliphatic rings. The molecule has 0 saturated carbocycles. The van der Waals surface area contributed by atoms with Crippen molar-refractivity contribution < 1.29 is 19.4 Å². The van der Waals surface area contributed by atoms with Crippen molar-refractivity contribution in [2.24, 2.45) is 0 Å². The number of carbonyl (C=O) groups excluding carboxylic acids is 1. The van der Waals surface area contributed by atoms with Gasteiger partial charge in [-0.25, -0.2) is 0 Å². The van der Waals surface area contributed by atoms with Crippen molar-refractivity contribution in [1.29, 1.82) is 0 Å². The fourth-order valence-corrected chi connectivity index (χ4v) is 2.28. The van der Waals surface area contributed by atoms with Crippen LogP contribution in [0.5, 0.6) is 17.2 Å². The molecule has 0 aromatic heterocycles. The van der Waals surface area contributed by atoms with E-state index >= 15 is 0 Å². The number of phenolic OH excluding ortho intramolecular Hbond substituents is 1. The van der Waals surface area contributed by atoms with Crippen LogP contribution < -0.4 is 9.47 Å². The van der Waals surface area contributed by atoms with Crippen molar-refractivity contribution in [1.82, 2.24) is 0 Å². The van der Waals surface area contributed by atoms with Gasteiger partial charge >= 0.3 is 0 Å². The Morgan fingerprint density at radius 1 is 1.09 bits per heavy atom. The monoisotopic (exact) mass is 362 g/mol. The molecule has 0 spiro atoms. The molecule has 2 aromatic rings. The second-order valence-electron chi connectivity index (χ2n) is 4.47. The number of hydrogen-bond donors (Lipinski definition) is 1. The lowest BCUT2D eigenvalue weighted by Crippen LogP contribution is -1.95. The normalized spacial score (nSPS) is 10.7. The average molecular weight is 363 g/mol. The molecule has 0 radical (unpaired) electrons. The zero-order chi connectivity index (χ0) is 16.1. The molecule has 4 nitrogen and oxygen atoms in total. The van der Waals surface area contributed by atoms with Gasteiger partial charge in [-0.2, -0.15) is 0 Å². The Hall–Kier alpha value is -2.27. The number of benzene rings is 2. The molecule has 0 aliphatic heterocycles. The maximum absolute atomic E-state index is 12.1. The van der Waals surface area contributed by atoms with Crippen LogP contribution in [-0.4, -0.2) is 25.1 Å². The van der Waals surface area contributed by atoms with Gasteiger partial charge in [0.25, 0.3) is 0 Å². The van der Waals surface area contributed by atoms with Crippen LogP contribution in [0.25, 0.3) is 6.08 Å². The van der Waals surface area contributed by atoms with Crippen molar-refractivity contribution in [3.05, 3.63) is 58.1 Å². The van der Waals surface area contributed by atoms with Gasteiger partial charge in [0, 0.05) is 4.47 Å². The van der Waals surface area contributed by atoms with E-state index in [0.29, 0.717) is 11.5 Å². The maximum Gasteiger partial charge on any atom is 0.189 e. The van der Waals surface area contributed by atoms with Gasteiger partial charge in [-0.05, 0) is 42.0 Å². The molecule has 2 rings (SSSR count). The fraction of sp³-hybridized carbons (Fsp3) is 0.118. The average Bonchev–Trinajstić information content (AvgIpc) is 2.54. The SMILES string of the molecule is COc1ccc(C=CC(=O)c2cc(Br)ccc2O)cc1OC. The van der Waals surface area contributed by atoms with Crippen LogP contribution in [0.1, 0.15) is 15.9 Å². The number of rotatable bonds is 5. The van der Waals surface area contributed by atoms with Crippen LogP contribution in [0.4, 0.5) is 0 Å². The largest absolute Gasteiger partial charge is 0.507 e. The number of aromatic hydroxyl groups is 1. The van der Waals surface area contributed by atoms with E-state index in [1.807, 2.05) is 6.07 Å². The highest BCUT2D eigenvalue weighted by Gasteiger charge is 2.09. The summed E-state index contributed by atoms with van der Waals surface area (Å²) in [7, 11) is 3.11. The lowest BCUT2D eigenvalue weighted by atomic mass is 10.1. The third-order valence-corrected chi connectivity index (χ3v) is 3.55. The van der Waals surface area contributed by atoms with E-state index < -0.39 is 0 Å². The summed E-state index contributed by atoms with van der Waals surface area (Å²) in [6, 6.07) is 10.1. The van der Waals surface area contributed by atoms with Gasteiger partial charge in [-0.3, -0.25) is 4.79 Å². The Balaban J connectivity index is 2.24. The number of allylic oxidation sites excluding steroid dienone is 1. The topological polar surface area (TPSA) is 55.8 Å². The zero-order valence-corrected chi connectivity index (χ0v) is 13.8. The molecule has 2 aromatic carbocycles. The second kappa shape index (κ2) is 7.13. The molecular formula is C17H15BrO4. The Morgan fingerprint density at radius 2 is 1.82 bits per heavy atom. The number of hydrogen-bond acceptors (Lipinski definition) is 4. The highest BCUT2D eigenvalue weighted by molar-refractivity contribution is 9.10. The fourth-order valence-electron chi connectivity index (χ4n) is 1.92.